The molecule has 1 aromatic carbocycles. The molecule has 0 bridgehead atoms. The zero-order valence-electron chi connectivity index (χ0n) is 15.6. The number of ether oxygens (including phenoxy) is 2. The van der Waals surface area contributed by atoms with E-state index in [0.29, 0.717) is 32.2 Å². The Balaban J connectivity index is 1.57. The van der Waals surface area contributed by atoms with Crippen molar-refractivity contribution in [2.75, 3.05) is 26.3 Å². The molecule has 2 aliphatic heterocycles. The predicted molar refractivity (Wildman–Crippen MR) is 97.3 cm³/mol. The fourth-order valence-electron chi connectivity index (χ4n) is 3.67. The number of aryl methyl sites for hydroxylation is 1. The molecule has 26 heavy (non-hydrogen) atoms. The Hall–Kier alpha value is -1.92. The van der Waals surface area contributed by atoms with Crippen molar-refractivity contribution in [3.05, 3.63) is 35.4 Å². The van der Waals surface area contributed by atoms with Crippen LogP contribution < -0.4 is 5.32 Å². The van der Waals surface area contributed by atoms with Crippen LogP contribution in [0, 0.1) is 12.8 Å². The molecule has 3 rings (SSSR count). The van der Waals surface area contributed by atoms with Crippen molar-refractivity contribution >= 4 is 11.8 Å². The van der Waals surface area contributed by atoms with Gasteiger partial charge in [0.05, 0.1) is 25.7 Å². The van der Waals surface area contributed by atoms with E-state index in [4.69, 9.17) is 9.47 Å². The van der Waals surface area contributed by atoms with Crippen LogP contribution >= 0.6 is 0 Å². The average Bonchev–Trinajstić information content (AvgIpc) is 3.16. The maximum atomic E-state index is 12.8. The van der Waals surface area contributed by atoms with E-state index in [1.54, 1.807) is 0 Å². The quantitative estimate of drug-likeness (QED) is 0.874. The van der Waals surface area contributed by atoms with Crippen molar-refractivity contribution in [3.63, 3.8) is 0 Å². The number of carbonyl (C=O) groups excluding carboxylic acids is 2. The first-order valence-corrected chi connectivity index (χ1v) is 9.37. The van der Waals surface area contributed by atoms with Crippen LogP contribution in [0.5, 0.6) is 0 Å². The Bertz CT molecular complexity index is 617. The lowest BCUT2D eigenvalue weighted by molar-refractivity contribution is -0.137. The molecule has 0 spiro atoms. The zero-order valence-corrected chi connectivity index (χ0v) is 15.6. The van der Waals surface area contributed by atoms with E-state index in [-0.39, 0.29) is 30.6 Å². The molecule has 1 unspecified atom stereocenters. The summed E-state index contributed by atoms with van der Waals surface area (Å²) in [6, 6.07) is 7.66. The molecule has 2 fully saturated rings. The Labute approximate surface area is 154 Å². The van der Waals surface area contributed by atoms with E-state index < -0.39 is 0 Å². The van der Waals surface area contributed by atoms with Crippen LogP contribution in [0.4, 0.5) is 0 Å². The molecule has 6 nitrogen and oxygen atoms in total. The van der Waals surface area contributed by atoms with Gasteiger partial charge in [0.2, 0.25) is 11.8 Å². The van der Waals surface area contributed by atoms with Gasteiger partial charge in [-0.25, -0.2) is 0 Å². The van der Waals surface area contributed by atoms with Gasteiger partial charge >= 0.3 is 0 Å². The van der Waals surface area contributed by atoms with Crippen molar-refractivity contribution < 1.29 is 19.1 Å². The summed E-state index contributed by atoms with van der Waals surface area (Å²) in [6.07, 6.45) is 1.97. The van der Waals surface area contributed by atoms with Crippen LogP contribution in [-0.4, -0.2) is 49.3 Å². The first-order chi connectivity index (χ1) is 12.5. The summed E-state index contributed by atoms with van der Waals surface area (Å²) in [4.78, 5) is 26.2. The highest BCUT2D eigenvalue weighted by atomic mass is 16.7. The third kappa shape index (κ3) is 4.83. The number of benzene rings is 1. The molecular weight excluding hydrogens is 332 g/mol. The largest absolute Gasteiger partial charge is 0.350 e. The topological polar surface area (TPSA) is 67.9 Å². The highest BCUT2D eigenvalue weighted by Gasteiger charge is 2.32. The Morgan fingerprint density at radius 1 is 1.15 bits per heavy atom. The normalized spacial score (nSPS) is 20.2. The van der Waals surface area contributed by atoms with Crippen LogP contribution in [0.1, 0.15) is 43.4 Å². The van der Waals surface area contributed by atoms with E-state index in [1.807, 2.05) is 36.1 Å². The maximum absolute atomic E-state index is 12.8. The number of hydrogen-bond donors (Lipinski definition) is 1. The van der Waals surface area contributed by atoms with Gasteiger partial charge in [-0.2, -0.15) is 0 Å². The smallest absolute Gasteiger partial charge is 0.224 e. The van der Waals surface area contributed by atoms with Gasteiger partial charge in [-0.15, -0.1) is 0 Å². The lowest BCUT2D eigenvalue weighted by Gasteiger charge is -2.34. The molecule has 0 radical (unpaired) electrons. The fourth-order valence-corrected chi connectivity index (χ4v) is 3.67. The highest BCUT2D eigenvalue weighted by molar-refractivity contribution is 5.79. The molecule has 142 valence electrons. The standard InChI is InChI=1S/C20H28N2O4/c1-14-3-5-16(6-4-14)18(21-15(2)23)13-19(24)22-9-7-17(8-10-22)20-25-11-12-26-20/h3-6,17-18,20H,7-13H2,1-2H3,(H,21,23). The lowest BCUT2D eigenvalue weighted by Crippen LogP contribution is -2.43. The van der Waals surface area contributed by atoms with Crippen LogP contribution in [0.15, 0.2) is 24.3 Å². The monoisotopic (exact) mass is 360 g/mol. The summed E-state index contributed by atoms with van der Waals surface area (Å²) in [5.74, 6) is 0.318. The van der Waals surface area contributed by atoms with E-state index in [1.165, 1.54) is 6.92 Å². The minimum absolute atomic E-state index is 0.0797. The van der Waals surface area contributed by atoms with Crippen molar-refractivity contribution in [3.8, 4) is 0 Å². The van der Waals surface area contributed by atoms with Gasteiger partial charge in [-0.05, 0) is 25.3 Å². The molecule has 1 atom stereocenters. The third-order valence-electron chi connectivity index (χ3n) is 5.16. The molecule has 0 saturated carbocycles. The number of piperidine rings is 1. The summed E-state index contributed by atoms with van der Waals surface area (Å²) < 4.78 is 11.2. The van der Waals surface area contributed by atoms with Crippen LogP contribution in [0.25, 0.3) is 0 Å². The fraction of sp³-hybridized carbons (Fsp3) is 0.600. The van der Waals surface area contributed by atoms with Gasteiger partial charge in [0, 0.05) is 25.9 Å². The third-order valence-corrected chi connectivity index (χ3v) is 5.16. The minimum atomic E-state index is -0.292. The summed E-state index contributed by atoms with van der Waals surface area (Å²) in [5, 5.41) is 2.91. The minimum Gasteiger partial charge on any atom is -0.350 e. The van der Waals surface area contributed by atoms with E-state index in [2.05, 4.69) is 5.32 Å². The number of rotatable bonds is 5. The summed E-state index contributed by atoms with van der Waals surface area (Å²) in [7, 11) is 0. The number of likely N-dealkylation sites (tertiary alicyclic amines) is 1. The summed E-state index contributed by atoms with van der Waals surface area (Å²) in [6.45, 7) is 6.27. The van der Waals surface area contributed by atoms with Gasteiger partial charge < -0.3 is 19.7 Å². The van der Waals surface area contributed by atoms with Gasteiger partial charge in [-0.1, -0.05) is 29.8 Å². The van der Waals surface area contributed by atoms with Crippen LogP contribution in [0.3, 0.4) is 0 Å². The van der Waals surface area contributed by atoms with Crippen LogP contribution in [-0.2, 0) is 19.1 Å². The summed E-state index contributed by atoms with van der Waals surface area (Å²) >= 11 is 0. The molecule has 0 aromatic heterocycles. The van der Waals surface area contributed by atoms with Gasteiger partial charge in [0.1, 0.15) is 0 Å². The number of amides is 2. The number of hydrogen-bond acceptors (Lipinski definition) is 4. The Morgan fingerprint density at radius 2 is 1.77 bits per heavy atom. The molecule has 2 aliphatic rings. The molecular formula is C20H28N2O4. The number of nitrogens with zero attached hydrogens (tertiary/aromatic N) is 1. The van der Waals surface area contributed by atoms with E-state index >= 15 is 0 Å². The van der Waals surface area contributed by atoms with Gasteiger partial charge in [0.25, 0.3) is 0 Å². The number of nitrogens with one attached hydrogen (secondary N) is 1. The molecule has 2 heterocycles. The second kappa shape index (κ2) is 8.64. The number of carbonyl (C=O) groups is 2. The maximum Gasteiger partial charge on any atom is 0.224 e. The van der Waals surface area contributed by atoms with Crippen molar-refractivity contribution in [1.82, 2.24) is 10.2 Å². The van der Waals surface area contributed by atoms with Gasteiger partial charge in [-0.3, -0.25) is 9.59 Å². The van der Waals surface area contributed by atoms with Gasteiger partial charge in [0.15, 0.2) is 6.29 Å². The molecule has 2 saturated heterocycles. The van der Waals surface area contributed by atoms with Crippen molar-refractivity contribution in [1.29, 1.82) is 0 Å². The molecule has 0 aliphatic carbocycles. The molecule has 1 N–H and O–H groups in total. The van der Waals surface area contributed by atoms with Crippen molar-refractivity contribution in [2.24, 2.45) is 5.92 Å². The first kappa shape index (κ1) is 18.9. The van der Waals surface area contributed by atoms with Crippen molar-refractivity contribution in [2.45, 2.75) is 45.4 Å². The van der Waals surface area contributed by atoms with E-state index in [9.17, 15) is 9.59 Å². The second-order valence-electron chi connectivity index (χ2n) is 7.20. The van der Waals surface area contributed by atoms with E-state index in [0.717, 1.165) is 24.0 Å². The Morgan fingerprint density at radius 3 is 2.35 bits per heavy atom. The first-order valence-electron chi connectivity index (χ1n) is 9.37. The van der Waals surface area contributed by atoms with Crippen LogP contribution in [0.2, 0.25) is 0 Å². The second-order valence-corrected chi connectivity index (χ2v) is 7.20. The SMILES string of the molecule is CC(=O)NC(CC(=O)N1CCC(C2OCCO2)CC1)c1ccc(C)cc1. The molecule has 2 amide bonds. The molecule has 1 aromatic rings. The lowest BCUT2D eigenvalue weighted by atomic mass is 9.95. The summed E-state index contributed by atoms with van der Waals surface area (Å²) in [5.41, 5.74) is 2.11. The zero-order chi connectivity index (χ0) is 18.5. The predicted octanol–water partition coefficient (Wildman–Crippen LogP) is 2.17. The highest BCUT2D eigenvalue weighted by Crippen LogP contribution is 2.27. The average molecular weight is 360 g/mol. The Kier molecular flexibility index (Phi) is 6.27. The molecule has 6 heteroatoms.